The zero-order valence-corrected chi connectivity index (χ0v) is 33.7. The standard InChI is InChI=1S/C56H38N6/c1-7-19-49-43(13-1)44-14-2-8-20-50(44)59(49)39-29-25-37(26-30-39)55-57-56(38-27-31-40(32-28-38)60-51-21-9-3-15-45(51)46-16-4-10-22-52(46)60)62(58-55)42-35-33-41(34-36-42)61-53-23-11-5-17-47(53)48-18-6-12-24-54(48)61/h1-29,31-36,39H,30H2. The summed E-state index contributed by atoms with van der Waals surface area (Å²) in [6.45, 7) is 0. The zero-order valence-electron chi connectivity index (χ0n) is 33.7. The Balaban J connectivity index is 0.912. The van der Waals surface area contributed by atoms with Crippen molar-refractivity contribution in [1.29, 1.82) is 0 Å². The number of benzene rings is 8. The van der Waals surface area contributed by atoms with Gasteiger partial charge < -0.3 is 13.7 Å². The van der Waals surface area contributed by atoms with Gasteiger partial charge in [0.25, 0.3) is 0 Å². The van der Waals surface area contributed by atoms with Crippen LogP contribution >= 0.6 is 0 Å². The minimum atomic E-state index is 0.173. The predicted octanol–water partition coefficient (Wildman–Crippen LogP) is 13.8. The van der Waals surface area contributed by atoms with E-state index in [9.17, 15) is 0 Å². The predicted molar refractivity (Wildman–Crippen MR) is 256 cm³/mol. The van der Waals surface area contributed by atoms with Crippen LogP contribution in [0.3, 0.4) is 0 Å². The fourth-order valence-corrected chi connectivity index (χ4v) is 9.98. The van der Waals surface area contributed by atoms with Gasteiger partial charge in [-0.2, -0.15) is 0 Å². The molecule has 8 aromatic carbocycles. The van der Waals surface area contributed by atoms with Crippen LogP contribution in [0.15, 0.2) is 212 Å². The third-order valence-corrected chi connectivity index (χ3v) is 12.8. The Morgan fingerprint density at radius 3 is 1.23 bits per heavy atom. The average Bonchev–Trinajstić information content (AvgIpc) is 4.11. The number of hydrogen-bond acceptors (Lipinski definition) is 2. The number of fused-ring (bicyclic) bond motifs is 9. The van der Waals surface area contributed by atoms with Gasteiger partial charge in [0.15, 0.2) is 11.6 Å². The molecule has 62 heavy (non-hydrogen) atoms. The Bertz CT molecular complexity index is 3440. The van der Waals surface area contributed by atoms with Crippen LogP contribution in [0.5, 0.6) is 0 Å². The van der Waals surface area contributed by atoms with E-state index < -0.39 is 0 Å². The topological polar surface area (TPSA) is 45.5 Å². The molecule has 0 saturated carbocycles. The lowest BCUT2D eigenvalue weighted by molar-refractivity contribution is 0.649. The summed E-state index contributed by atoms with van der Waals surface area (Å²) in [5, 5.41) is 12.8. The molecule has 0 fully saturated rings. The molecule has 1 atom stereocenters. The molecule has 1 unspecified atom stereocenters. The molecule has 292 valence electrons. The van der Waals surface area contributed by atoms with Crippen molar-refractivity contribution in [3.63, 3.8) is 0 Å². The van der Waals surface area contributed by atoms with E-state index in [0.29, 0.717) is 5.82 Å². The molecule has 13 rings (SSSR count). The smallest absolute Gasteiger partial charge is 0.181 e. The lowest BCUT2D eigenvalue weighted by Crippen LogP contribution is -2.08. The summed E-state index contributed by atoms with van der Waals surface area (Å²) in [4.78, 5) is 5.33. The summed E-state index contributed by atoms with van der Waals surface area (Å²) in [5.74, 6) is 1.49. The molecule has 0 amide bonds. The Kier molecular flexibility index (Phi) is 7.63. The van der Waals surface area contributed by atoms with Gasteiger partial charge in [-0.15, -0.1) is 5.10 Å². The highest BCUT2D eigenvalue weighted by Gasteiger charge is 2.22. The molecule has 6 nitrogen and oxygen atoms in total. The maximum absolute atomic E-state index is 5.33. The van der Waals surface area contributed by atoms with Crippen molar-refractivity contribution in [3.8, 4) is 28.5 Å². The molecular weight excluding hydrogens is 757 g/mol. The van der Waals surface area contributed by atoms with Crippen molar-refractivity contribution >= 4 is 71.0 Å². The van der Waals surface area contributed by atoms with Crippen molar-refractivity contribution < 1.29 is 0 Å². The first-order valence-electron chi connectivity index (χ1n) is 21.3. The molecule has 0 aliphatic heterocycles. The van der Waals surface area contributed by atoms with Crippen molar-refractivity contribution in [2.45, 2.75) is 12.5 Å². The zero-order chi connectivity index (χ0) is 40.7. The molecule has 0 saturated heterocycles. The van der Waals surface area contributed by atoms with E-state index in [0.717, 1.165) is 40.4 Å². The Labute approximate surface area is 357 Å². The summed E-state index contributed by atoms with van der Waals surface area (Å²) in [5.41, 5.74) is 12.4. The minimum absolute atomic E-state index is 0.173. The molecule has 4 heterocycles. The fraction of sp³-hybridized carbons (Fsp3) is 0.0357. The summed E-state index contributed by atoms with van der Waals surface area (Å²) in [7, 11) is 0. The summed E-state index contributed by atoms with van der Waals surface area (Å²) >= 11 is 0. The molecular formula is C56H38N6. The first-order valence-corrected chi connectivity index (χ1v) is 21.3. The molecule has 4 aromatic heterocycles. The summed E-state index contributed by atoms with van der Waals surface area (Å²) in [6.07, 6.45) is 7.65. The molecule has 12 aromatic rings. The van der Waals surface area contributed by atoms with Crippen LogP contribution < -0.4 is 0 Å². The van der Waals surface area contributed by atoms with Crippen LogP contribution in [0.1, 0.15) is 18.3 Å². The van der Waals surface area contributed by atoms with Crippen LogP contribution in [0, 0.1) is 0 Å². The van der Waals surface area contributed by atoms with Gasteiger partial charge >= 0.3 is 0 Å². The van der Waals surface area contributed by atoms with E-state index in [2.05, 4.69) is 226 Å². The van der Waals surface area contributed by atoms with Gasteiger partial charge in [-0.05, 0) is 91.3 Å². The Hall–Kier alpha value is -8.22. The van der Waals surface area contributed by atoms with Crippen LogP contribution in [-0.4, -0.2) is 28.5 Å². The molecule has 0 bridgehead atoms. The number of nitrogens with zero attached hydrogens (tertiary/aromatic N) is 6. The molecule has 6 heteroatoms. The highest BCUT2D eigenvalue weighted by Crippen LogP contribution is 2.38. The van der Waals surface area contributed by atoms with Crippen LogP contribution in [0.25, 0.3) is 99.4 Å². The molecule has 0 radical (unpaired) electrons. The van der Waals surface area contributed by atoms with Crippen LogP contribution in [0.4, 0.5) is 0 Å². The quantitative estimate of drug-likeness (QED) is 0.168. The minimum Gasteiger partial charge on any atom is -0.333 e. The van der Waals surface area contributed by atoms with Gasteiger partial charge in [-0.3, -0.25) is 0 Å². The van der Waals surface area contributed by atoms with E-state index in [1.165, 1.54) is 65.4 Å². The largest absolute Gasteiger partial charge is 0.333 e. The Morgan fingerprint density at radius 1 is 0.403 bits per heavy atom. The molecule has 1 aliphatic rings. The van der Waals surface area contributed by atoms with Crippen LogP contribution in [0.2, 0.25) is 0 Å². The van der Waals surface area contributed by atoms with E-state index >= 15 is 0 Å². The summed E-state index contributed by atoms with van der Waals surface area (Å²) in [6, 6.07) is 69.6. The van der Waals surface area contributed by atoms with E-state index in [1.54, 1.807) is 0 Å². The second-order valence-electron chi connectivity index (χ2n) is 16.2. The van der Waals surface area contributed by atoms with Gasteiger partial charge in [0.2, 0.25) is 0 Å². The number of hydrogen-bond donors (Lipinski definition) is 0. The molecule has 0 spiro atoms. The molecule has 1 aliphatic carbocycles. The Morgan fingerprint density at radius 2 is 0.790 bits per heavy atom. The lowest BCUT2D eigenvalue weighted by Gasteiger charge is -2.20. The maximum atomic E-state index is 5.33. The van der Waals surface area contributed by atoms with Crippen molar-refractivity contribution in [2.24, 2.45) is 0 Å². The highest BCUT2D eigenvalue weighted by atomic mass is 15.4. The number of rotatable bonds is 6. The van der Waals surface area contributed by atoms with Crippen molar-refractivity contribution in [1.82, 2.24) is 28.5 Å². The fourth-order valence-electron chi connectivity index (χ4n) is 9.98. The van der Waals surface area contributed by atoms with Gasteiger partial charge in [-0.25, -0.2) is 9.67 Å². The number of aromatic nitrogens is 6. The third-order valence-electron chi connectivity index (χ3n) is 12.8. The van der Waals surface area contributed by atoms with Gasteiger partial charge in [0.05, 0.1) is 33.8 Å². The second kappa shape index (κ2) is 13.7. The van der Waals surface area contributed by atoms with Gasteiger partial charge in [0, 0.05) is 65.9 Å². The number of allylic oxidation sites excluding steroid dienone is 4. The first kappa shape index (κ1) is 34.6. The molecule has 0 N–H and O–H groups in total. The maximum Gasteiger partial charge on any atom is 0.181 e. The third kappa shape index (κ3) is 5.23. The van der Waals surface area contributed by atoms with E-state index in [-0.39, 0.29) is 6.04 Å². The van der Waals surface area contributed by atoms with Gasteiger partial charge in [-0.1, -0.05) is 127 Å². The van der Waals surface area contributed by atoms with Gasteiger partial charge in [0.1, 0.15) is 0 Å². The van der Waals surface area contributed by atoms with Crippen molar-refractivity contribution in [3.05, 3.63) is 218 Å². The summed E-state index contributed by atoms with van der Waals surface area (Å²) < 4.78 is 9.18. The highest BCUT2D eigenvalue weighted by molar-refractivity contribution is 6.11. The van der Waals surface area contributed by atoms with E-state index in [4.69, 9.17) is 10.1 Å². The monoisotopic (exact) mass is 794 g/mol. The van der Waals surface area contributed by atoms with Crippen LogP contribution in [-0.2, 0) is 0 Å². The number of para-hydroxylation sites is 6. The SMILES string of the molecule is C1=CC(n2c3ccccc3c3ccccc32)CC=C1c1nc(-c2ccc(-n3c4ccccc4c4ccccc43)cc2)n(-c2ccc(-n3c4ccccc4c4ccccc43)cc2)n1. The second-order valence-corrected chi connectivity index (χ2v) is 16.2. The lowest BCUT2D eigenvalue weighted by atomic mass is 10.0. The first-order chi connectivity index (χ1) is 30.8. The van der Waals surface area contributed by atoms with Crippen molar-refractivity contribution in [2.75, 3.05) is 0 Å². The normalized spacial score (nSPS) is 14.3. The average molecular weight is 795 g/mol. The van der Waals surface area contributed by atoms with E-state index in [1.807, 2.05) is 4.68 Å².